The zero-order chi connectivity index (χ0) is 45.8. The van der Waals surface area contributed by atoms with Crippen molar-refractivity contribution in [1.29, 1.82) is 0 Å². The maximum absolute atomic E-state index is 12.8. The lowest BCUT2D eigenvalue weighted by Crippen LogP contribution is -2.30. The highest BCUT2D eigenvalue weighted by Gasteiger charge is 2.19. The fourth-order valence-electron chi connectivity index (χ4n) is 6.04. The Hall–Kier alpha value is -4.45. The number of unbranched alkanes of at least 4 members (excludes halogenated alkanes) is 14. The van der Waals surface area contributed by atoms with Crippen LogP contribution in [0, 0.1) is 0 Å². The average molecular weight is 869 g/mol. The van der Waals surface area contributed by atoms with Gasteiger partial charge < -0.3 is 14.2 Å². The fourth-order valence-corrected chi connectivity index (χ4v) is 6.04. The summed E-state index contributed by atoms with van der Waals surface area (Å²) in [5.41, 5.74) is 0. The van der Waals surface area contributed by atoms with Crippen LogP contribution in [0.5, 0.6) is 0 Å². The highest BCUT2D eigenvalue weighted by Crippen LogP contribution is 2.12. The number of ether oxygens (including phenoxy) is 3. The minimum Gasteiger partial charge on any atom is -0.462 e. The maximum Gasteiger partial charge on any atom is 0.306 e. The molecule has 352 valence electrons. The van der Waals surface area contributed by atoms with Crippen molar-refractivity contribution in [3.05, 3.63) is 134 Å². The molecule has 0 aliphatic carbocycles. The fraction of sp³-hybridized carbons (Fsp3) is 0.561. The van der Waals surface area contributed by atoms with Gasteiger partial charge in [-0.25, -0.2) is 0 Å². The number of hydrogen-bond donors (Lipinski definition) is 0. The summed E-state index contributed by atoms with van der Waals surface area (Å²) in [6.07, 6.45) is 70.1. The third kappa shape index (κ3) is 48.4. The molecular formula is C57H88O6. The Morgan fingerprint density at radius 1 is 0.349 bits per heavy atom. The standard InChI is InChI=1S/C57H88O6/c1-4-7-10-13-16-19-22-25-27-28-30-32-35-38-41-44-47-50-56(59)62-53-54(52-61-55(58)49-46-43-40-37-34-31-24-21-18-15-12-9-6-3)63-57(60)51-48-45-42-39-36-33-29-26-23-20-17-14-11-8-5-2/h9,12,15-21,23-27,30-32,34,37-38,40-41,54H,4-8,10-11,13-14,22,28-29,33,35-36,39,42-53H2,1-3H3/b12-9+,18-15+,19-16+,20-17+,24-21+,26-23+,27-25+,32-30+,34-31+,40-37+,41-38+. The molecule has 0 fully saturated rings. The first-order valence-electron chi connectivity index (χ1n) is 24.8. The molecule has 0 amide bonds. The van der Waals surface area contributed by atoms with Crippen LogP contribution in [-0.2, 0) is 28.6 Å². The van der Waals surface area contributed by atoms with Gasteiger partial charge in [0, 0.05) is 19.3 Å². The third-order valence-electron chi connectivity index (χ3n) is 9.76. The van der Waals surface area contributed by atoms with Crippen LogP contribution in [0.15, 0.2) is 134 Å². The summed E-state index contributed by atoms with van der Waals surface area (Å²) in [6.45, 7) is 6.28. The molecule has 0 saturated heterocycles. The van der Waals surface area contributed by atoms with E-state index in [1.165, 1.54) is 57.8 Å². The Labute approximate surface area is 385 Å². The predicted molar refractivity (Wildman–Crippen MR) is 269 cm³/mol. The van der Waals surface area contributed by atoms with Crippen LogP contribution in [0.2, 0.25) is 0 Å². The Morgan fingerprint density at radius 3 is 1.19 bits per heavy atom. The maximum atomic E-state index is 12.8. The van der Waals surface area contributed by atoms with E-state index in [1.807, 2.05) is 54.7 Å². The summed E-state index contributed by atoms with van der Waals surface area (Å²) in [7, 11) is 0. The first-order chi connectivity index (χ1) is 31.0. The number of allylic oxidation sites excluding steroid dienone is 22. The summed E-state index contributed by atoms with van der Waals surface area (Å²) in [5.74, 6) is -1.09. The summed E-state index contributed by atoms with van der Waals surface area (Å²) in [4.78, 5) is 37.9. The molecule has 0 spiro atoms. The SMILES string of the molecule is CC/C=C/C=C/C=C/C=C/C=C/CCCC(=O)OCC(COC(=O)CCC/C=C/C/C=C/C/C=C/C/C=C/CCCCC)OC(=O)CCCCCCCC/C=C/C=C/CCCCC. The van der Waals surface area contributed by atoms with Crippen LogP contribution in [0.25, 0.3) is 0 Å². The molecule has 0 aliphatic rings. The molecule has 0 N–H and O–H groups in total. The van der Waals surface area contributed by atoms with E-state index in [2.05, 4.69) is 99.8 Å². The second-order valence-electron chi connectivity index (χ2n) is 15.8. The van der Waals surface area contributed by atoms with E-state index >= 15 is 0 Å². The van der Waals surface area contributed by atoms with Gasteiger partial charge in [0.25, 0.3) is 0 Å². The van der Waals surface area contributed by atoms with Crippen LogP contribution in [0.3, 0.4) is 0 Å². The summed E-state index contributed by atoms with van der Waals surface area (Å²) >= 11 is 0. The van der Waals surface area contributed by atoms with Crippen molar-refractivity contribution in [3.8, 4) is 0 Å². The number of esters is 3. The lowest BCUT2D eigenvalue weighted by molar-refractivity contribution is -0.167. The highest BCUT2D eigenvalue weighted by atomic mass is 16.6. The summed E-state index contributed by atoms with van der Waals surface area (Å²) in [5, 5.41) is 0. The normalized spacial score (nSPS) is 13.3. The summed E-state index contributed by atoms with van der Waals surface area (Å²) < 4.78 is 16.6. The molecule has 0 aromatic carbocycles. The predicted octanol–water partition coefficient (Wildman–Crippen LogP) is 16.3. The topological polar surface area (TPSA) is 78.9 Å². The van der Waals surface area contributed by atoms with E-state index in [9.17, 15) is 14.4 Å². The second kappa shape index (κ2) is 50.2. The van der Waals surface area contributed by atoms with Gasteiger partial charge in [0.1, 0.15) is 13.2 Å². The van der Waals surface area contributed by atoms with Gasteiger partial charge in [0.2, 0.25) is 0 Å². The molecule has 1 unspecified atom stereocenters. The Balaban J connectivity index is 4.62. The number of hydrogen-bond acceptors (Lipinski definition) is 6. The lowest BCUT2D eigenvalue weighted by atomic mass is 10.1. The van der Waals surface area contributed by atoms with Gasteiger partial charge in [-0.15, -0.1) is 0 Å². The first kappa shape index (κ1) is 58.6. The van der Waals surface area contributed by atoms with Crippen molar-refractivity contribution in [2.75, 3.05) is 13.2 Å². The highest BCUT2D eigenvalue weighted by molar-refractivity contribution is 5.71. The molecule has 0 heterocycles. The number of rotatable bonds is 42. The van der Waals surface area contributed by atoms with Gasteiger partial charge in [0.15, 0.2) is 6.10 Å². The third-order valence-corrected chi connectivity index (χ3v) is 9.76. The van der Waals surface area contributed by atoms with Crippen molar-refractivity contribution in [3.63, 3.8) is 0 Å². The van der Waals surface area contributed by atoms with E-state index in [0.29, 0.717) is 12.8 Å². The molecule has 6 heteroatoms. The van der Waals surface area contributed by atoms with E-state index in [0.717, 1.165) is 77.0 Å². The molecule has 0 saturated carbocycles. The molecule has 0 bridgehead atoms. The van der Waals surface area contributed by atoms with E-state index < -0.39 is 6.10 Å². The van der Waals surface area contributed by atoms with Gasteiger partial charge in [-0.3, -0.25) is 14.4 Å². The molecule has 0 aromatic heterocycles. The molecule has 0 radical (unpaired) electrons. The number of carbonyl (C=O) groups excluding carboxylic acids is 3. The van der Waals surface area contributed by atoms with Crippen molar-refractivity contribution < 1.29 is 28.6 Å². The van der Waals surface area contributed by atoms with Gasteiger partial charge in [-0.1, -0.05) is 206 Å². The zero-order valence-electron chi connectivity index (χ0n) is 40.0. The number of carbonyl (C=O) groups is 3. The van der Waals surface area contributed by atoms with E-state index in [-0.39, 0.29) is 50.4 Å². The van der Waals surface area contributed by atoms with Gasteiger partial charge in [0.05, 0.1) is 0 Å². The molecule has 63 heavy (non-hydrogen) atoms. The minimum absolute atomic E-state index is 0.139. The molecule has 0 aliphatic heterocycles. The first-order valence-corrected chi connectivity index (χ1v) is 24.8. The molecular weight excluding hydrogens is 781 g/mol. The van der Waals surface area contributed by atoms with Gasteiger partial charge in [-0.2, -0.15) is 0 Å². The van der Waals surface area contributed by atoms with Crippen molar-refractivity contribution in [2.24, 2.45) is 0 Å². The van der Waals surface area contributed by atoms with E-state index in [4.69, 9.17) is 14.2 Å². The smallest absolute Gasteiger partial charge is 0.306 e. The lowest BCUT2D eigenvalue weighted by Gasteiger charge is -2.18. The van der Waals surface area contributed by atoms with Gasteiger partial charge in [-0.05, 0) is 96.3 Å². The Bertz CT molecular complexity index is 1420. The monoisotopic (exact) mass is 869 g/mol. The van der Waals surface area contributed by atoms with Crippen molar-refractivity contribution in [1.82, 2.24) is 0 Å². The van der Waals surface area contributed by atoms with Crippen molar-refractivity contribution >= 4 is 17.9 Å². The molecule has 1 atom stereocenters. The zero-order valence-corrected chi connectivity index (χ0v) is 40.0. The van der Waals surface area contributed by atoms with Crippen LogP contribution in [-0.4, -0.2) is 37.2 Å². The Kier molecular flexibility index (Phi) is 46.7. The molecule has 6 nitrogen and oxygen atoms in total. The largest absolute Gasteiger partial charge is 0.462 e. The van der Waals surface area contributed by atoms with E-state index in [1.54, 1.807) is 0 Å². The Morgan fingerprint density at radius 2 is 0.698 bits per heavy atom. The summed E-state index contributed by atoms with van der Waals surface area (Å²) in [6, 6.07) is 0. The van der Waals surface area contributed by atoms with Gasteiger partial charge >= 0.3 is 17.9 Å². The van der Waals surface area contributed by atoms with Crippen LogP contribution in [0.4, 0.5) is 0 Å². The van der Waals surface area contributed by atoms with Crippen LogP contribution < -0.4 is 0 Å². The molecule has 0 rings (SSSR count). The van der Waals surface area contributed by atoms with Crippen LogP contribution in [0.1, 0.15) is 188 Å². The van der Waals surface area contributed by atoms with Crippen molar-refractivity contribution in [2.45, 2.75) is 194 Å². The average Bonchev–Trinajstić information content (AvgIpc) is 3.28. The minimum atomic E-state index is -0.839. The van der Waals surface area contributed by atoms with Crippen LogP contribution >= 0.6 is 0 Å². The molecule has 0 aromatic rings. The quantitative estimate of drug-likeness (QED) is 0.0200. The second-order valence-corrected chi connectivity index (χ2v) is 15.8.